The van der Waals surface area contributed by atoms with Crippen molar-refractivity contribution in [2.24, 2.45) is 0 Å². The van der Waals surface area contributed by atoms with E-state index in [0.717, 1.165) is 18.1 Å². The summed E-state index contributed by atoms with van der Waals surface area (Å²) < 4.78 is 19.9. The first kappa shape index (κ1) is 12.7. The van der Waals surface area contributed by atoms with Gasteiger partial charge in [0.2, 0.25) is 5.43 Å². The van der Waals surface area contributed by atoms with Gasteiger partial charge in [-0.15, -0.1) is 0 Å². The molecule has 1 N–H and O–H groups in total. The van der Waals surface area contributed by atoms with E-state index in [9.17, 15) is 14.0 Å². The molecule has 5 nitrogen and oxygen atoms in total. The van der Waals surface area contributed by atoms with E-state index in [4.69, 9.17) is 5.11 Å². The number of pyridine rings is 1. The fourth-order valence-electron chi connectivity index (χ4n) is 2.72. The molecule has 0 spiro atoms. The first-order chi connectivity index (χ1) is 9.47. The van der Waals surface area contributed by atoms with Crippen molar-refractivity contribution in [2.75, 3.05) is 0 Å². The average molecular weight is 277 g/mol. The lowest BCUT2D eigenvalue weighted by Gasteiger charge is -2.26. The highest BCUT2D eigenvalue weighted by Gasteiger charge is 2.22. The van der Waals surface area contributed by atoms with Crippen LogP contribution >= 0.6 is 0 Å². The fraction of sp³-hybridized carbons (Fsp3) is 0.286. The highest BCUT2D eigenvalue weighted by Crippen LogP contribution is 2.31. The number of ether oxygens (including phenoxy) is 1. The molecular formula is C14H12FNO4. The van der Waals surface area contributed by atoms with E-state index >= 15 is 0 Å². The SMILES string of the molecule is CC1CCc2cc(F)cc3c(=O)c(OC(=O)O)cn1c23. The van der Waals surface area contributed by atoms with Gasteiger partial charge < -0.3 is 14.4 Å². The Hall–Kier alpha value is -2.37. The van der Waals surface area contributed by atoms with E-state index in [1.165, 1.54) is 12.3 Å². The maximum atomic E-state index is 13.6. The highest BCUT2D eigenvalue weighted by molar-refractivity contribution is 5.84. The summed E-state index contributed by atoms with van der Waals surface area (Å²) in [6.07, 6.45) is 1.31. The van der Waals surface area contributed by atoms with E-state index in [1.54, 1.807) is 4.57 Å². The van der Waals surface area contributed by atoms with Crippen molar-refractivity contribution in [3.8, 4) is 5.75 Å². The Balaban J connectivity index is 2.40. The van der Waals surface area contributed by atoms with Crippen LogP contribution in [0.3, 0.4) is 0 Å². The van der Waals surface area contributed by atoms with Crippen molar-refractivity contribution >= 4 is 17.1 Å². The zero-order valence-electron chi connectivity index (χ0n) is 10.7. The van der Waals surface area contributed by atoms with E-state index < -0.39 is 17.4 Å². The number of hydrogen-bond donors (Lipinski definition) is 1. The monoisotopic (exact) mass is 277 g/mol. The second-order valence-corrected chi connectivity index (χ2v) is 4.95. The van der Waals surface area contributed by atoms with Gasteiger partial charge in [-0.05, 0) is 37.5 Å². The molecule has 2 heterocycles. The minimum absolute atomic E-state index is 0.0900. The van der Waals surface area contributed by atoms with Gasteiger partial charge in [-0.1, -0.05) is 0 Å². The molecule has 1 aromatic carbocycles. The zero-order valence-corrected chi connectivity index (χ0v) is 10.7. The molecule has 1 aliphatic rings. The minimum atomic E-state index is -1.56. The molecule has 1 unspecified atom stereocenters. The van der Waals surface area contributed by atoms with Crippen molar-refractivity contribution in [3.05, 3.63) is 39.9 Å². The number of halogens is 1. The van der Waals surface area contributed by atoms with Crippen molar-refractivity contribution in [2.45, 2.75) is 25.8 Å². The number of aryl methyl sites for hydroxylation is 1. The lowest BCUT2D eigenvalue weighted by atomic mass is 9.97. The smallest absolute Gasteiger partial charge is 0.449 e. The predicted molar refractivity (Wildman–Crippen MR) is 69.9 cm³/mol. The summed E-state index contributed by atoms with van der Waals surface area (Å²) in [4.78, 5) is 22.8. The third kappa shape index (κ3) is 1.84. The summed E-state index contributed by atoms with van der Waals surface area (Å²) in [5.74, 6) is -0.798. The molecule has 1 aromatic heterocycles. The van der Waals surface area contributed by atoms with Crippen molar-refractivity contribution in [1.82, 2.24) is 4.57 Å². The summed E-state index contributed by atoms with van der Waals surface area (Å²) in [5, 5.41) is 8.83. The molecule has 0 saturated carbocycles. The number of rotatable bonds is 1. The number of carboxylic acid groups (broad SMARTS) is 1. The Morgan fingerprint density at radius 1 is 1.50 bits per heavy atom. The molecule has 3 rings (SSSR count). The van der Waals surface area contributed by atoms with Crippen LogP contribution in [0.5, 0.6) is 5.75 Å². The van der Waals surface area contributed by atoms with Crippen LogP contribution in [0.15, 0.2) is 23.1 Å². The lowest BCUT2D eigenvalue weighted by Crippen LogP contribution is -2.21. The third-order valence-electron chi connectivity index (χ3n) is 3.64. The van der Waals surface area contributed by atoms with Gasteiger partial charge in [0.05, 0.1) is 17.1 Å². The largest absolute Gasteiger partial charge is 0.511 e. The van der Waals surface area contributed by atoms with Crippen LogP contribution < -0.4 is 10.2 Å². The van der Waals surface area contributed by atoms with Gasteiger partial charge in [-0.2, -0.15) is 0 Å². The number of aromatic nitrogens is 1. The van der Waals surface area contributed by atoms with Crippen molar-refractivity contribution < 1.29 is 19.0 Å². The van der Waals surface area contributed by atoms with Crippen LogP contribution in [0.1, 0.15) is 24.9 Å². The molecule has 0 radical (unpaired) electrons. The van der Waals surface area contributed by atoms with Gasteiger partial charge in [0.25, 0.3) is 0 Å². The summed E-state index contributed by atoms with van der Waals surface area (Å²) in [5.41, 5.74) is 0.818. The molecule has 20 heavy (non-hydrogen) atoms. The maximum Gasteiger partial charge on any atom is 0.511 e. The van der Waals surface area contributed by atoms with Crippen LogP contribution in [0.4, 0.5) is 9.18 Å². The number of carbonyl (C=O) groups is 1. The minimum Gasteiger partial charge on any atom is -0.449 e. The number of benzene rings is 1. The first-order valence-corrected chi connectivity index (χ1v) is 6.25. The van der Waals surface area contributed by atoms with Crippen molar-refractivity contribution in [1.29, 1.82) is 0 Å². The third-order valence-corrected chi connectivity index (χ3v) is 3.64. The van der Waals surface area contributed by atoms with E-state index in [0.29, 0.717) is 11.9 Å². The van der Waals surface area contributed by atoms with Crippen molar-refractivity contribution in [3.63, 3.8) is 0 Å². The quantitative estimate of drug-likeness (QED) is 0.814. The Bertz CT molecular complexity index is 781. The first-order valence-electron chi connectivity index (χ1n) is 6.25. The van der Waals surface area contributed by atoms with Gasteiger partial charge in [-0.3, -0.25) is 4.79 Å². The van der Waals surface area contributed by atoms with E-state index in [-0.39, 0.29) is 17.2 Å². The normalized spacial score (nSPS) is 17.2. The number of hydrogen-bond acceptors (Lipinski definition) is 3. The molecule has 0 fully saturated rings. The fourth-order valence-corrected chi connectivity index (χ4v) is 2.72. The van der Waals surface area contributed by atoms with Gasteiger partial charge >= 0.3 is 6.16 Å². The standard InChI is InChI=1S/C14H12FNO4/c1-7-2-3-8-4-9(15)5-10-12(8)16(7)6-11(13(10)17)20-14(18)19/h4-7H,2-3H2,1H3,(H,18,19). The molecule has 2 aromatic rings. The number of nitrogens with zero attached hydrogens (tertiary/aromatic N) is 1. The van der Waals surface area contributed by atoms with Gasteiger partial charge in [0.15, 0.2) is 5.75 Å². The second kappa shape index (κ2) is 4.33. The second-order valence-electron chi connectivity index (χ2n) is 4.95. The van der Waals surface area contributed by atoms with Crippen LogP contribution in [0, 0.1) is 5.82 Å². The molecule has 0 amide bonds. The van der Waals surface area contributed by atoms with Crippen LogP contribution in [0.25, 0.3) is 10.9 Å². The Labute approximate surface area is 113 Å². The van der Waals surface area contributed by atoms with Gasteiger partial charge in [0.1, 0.15) is 5.82 Å². The molecule has 1 aliphatic heterocycles. The molecule has 0 bridgehead atoms. The van der Waals surface area contributed by atoms with Gasteiger partial charge in [0, 0.05) is 6.04 Å². The molecule has 0 aliphatic carbocycles. The Kier molecular flexibility index (Phi) is 2.74. The van der Waals surface area contributed by atoms with Gasteiger partial charge in [-0.25, -0.2) is 9.18 Å². The van der Waals surface area contributed by atoms with E-state index in [1.807, 2.05) is 6.92 Å². The summed E-state index contributed by atoms with van der Waals surface area (Å²) >= 11 is 0. The Morgan fingerprint density at radius 2 is 2.25 bits per heavy atom. The maximum absolute atomic E-state index is 13.6. The average Bonchev–Trinajstić information content (AvgIpc) is 2.37. The summed E-state index contributed by atoms with van der Waals surface area (Å²) in [7, 11) is 0. The molecule has 1 atom stereocenters. The lowest BCUT2D eigenvalue weighted by molar-refractivity contribution is 0.143. The Morgan fingerprint density at radius 3 is 2.95 bits per heavy atom. The van der Waals surface area contributed by atoms with E-state index in [2.05, 4.69) is 4.74 Å². The van der Waals surface area contributed by atoms with Crippen LogP contribution in [-0.4, -0.2) is 15.8 Å². The molecular weight excluding hydrogens is 265 g/mol. The molecule has 6 heteroatoms. The van der Waals surface area contributed by atoms with Crippen LogP contribution in [-0.2, 0) is 6.42 Å². The molecule has 104 valence electrons. The topological polar surface area (TPSA) is 68.5 Å². The molecule has 0 saturated heterocycles. The highest BCUT2D eigenvalue weighted by atomic mass is 19.1. The summed E-state index contributed by atoms with van der Waals surface area (Å²) in [6, 6.07) is 2.64. The zero-order chi connectivity index (χ0) is 14.4. The summed E-state index contributed by atoms with van der Waals surface area (Å²) in [6.45, 7) is 1.96. The predicted octanol–water partition coefficient (Wildman–Crippen LogP) is 2.70. The van der Waals surface area contributed by atoms with Crippen LogP contribution in [0.2, 0.25) is 0 Å².